The summed E-state index contributed by atoms with van der Waals surface area (Å²) in [5.74, 6) is 0. The summed E-state index contributed by atoms with van der Waals surface area (Å²) in [7, 11) is 0. The van der Waals surface area contributed by atoms with E-state index in [1.165, 1.54) is 36.8 Å². The second-order valence-corrected chi connectivity index (χ2v) is 5.66. The van der Waals surface area contributed by atoms with Crippen molar-refractivity contribution in [1.29, 1.82) is 0 Å². The Morgan fingerprint density at radius 3 is 2.74 bits per heavy atom. The summed E-state index contributed by atoms with van der Waals surface area (Å²) in [6.45, 7) is 6.34. The van der Waals surface area contributed by atoms with Gasteiger partial charge in [0, 0.05) is 12.6 Å². The first-order valence-electron chi connectivity index (χ1n) is 7.68. The molecule has 0 aliphatic carbocycles. The van der Waals surface area contributed by atoms with E-state index in [9.17, 15) is 0 Å². The molecule has 2 rings (SSSR count). The summed E-state index contributed by atoms with van der Waals surface area (Å²) in [4.78, 5) is 0. The van der Waals surface area contributed by atoms with E-state index in [4.69, 9.17) is 4.74 Å². The molecule has 2 heteroatoms. The third-order valence-electron chi connectivity index (χ3n) is 3.96. The zero-order valence-corrected chi connectivity index (χ0v) is 12.3. The molecule has 1 aliphatic rings. The zero-order chi connectivity index (χ0) is 13.5. The number of rotatable bonds is 7. The van der Waals surface area contributed by atoms with E-state index < -0.39 is 0 Å². The predicted molar refractivity (Wildman–Crippen MR) is 80.6 cm³/mol. The Morgan fingerprint density at radius 2 is 2.11 bits per heavy atom. The first-order chi connectivity index (χ1) is 9.28. The van der Waals surface area contributed by atoms with Crippen LogP contribution in [0.15, 0.2) is 24.3 Å². The van der Waals surface area contributed by atoms with Gasteiger partial charge in [0.25, 0.3) is 0 Å². The maximum atomic E-state index is 5.72. The second kappa shape index (κ2) is 7.66. The normalized spacial score (nSPS) is 20.6. The van der Waals surface area contributed by atoms with Crippen LogP contribution >= 0.6 is 0 Å². The molecule has 1 saturated heterocycles. The Kier molecular flexibility index (Phi) is 5.87. The topological polar surface area (TPSA) is 21.3 Å². The van der Waals surface area contributed by atoms with Gasteiger partial charge in [-0.25, -0.2) is 0 Å². The van der Waals surface area contributed by atoms with E-state index in [1.807, 2.05) is 0 Å². The summed E-state index contributed by atoms with van der Waals surface area (Å²) < 4.78 is 5.72. The van der Waals surface area contributed by atoms with Gasteiger partial charge in [-0.15, -0.1) is 0 Å². The summed E-state index contributed by atoms with van der Waals surface area (Å²) in [6, 6.07) is 9.51. The summed E-state index contributed by atoms with van der Waals surface area (Å²) in [5, 5.41) is 3.61. The first kappa shape index (κ1) is 14.5. The van der Waals surface area contributed by atoms with Gasteiger partial charge >= 0.3 is 0 Å². The molecule has 2 atom stereocenters. The molecule has 0 bridgehead atoms. The van der Waals surface area contributed by atoms with Crippen LogP contribution < -0.4 is 5.32 Å². The van der Waals surface area contributed by atoms with Crippen LogP contribution in [-0.4, -0.2) is 25.3 Å². The minimum Gasteiger partial charge on any atom is -0.378 e. The van der Waals surface area contributed by atoms with Crippen LogP contribution in [0.3, 0.4) is 0 Å². The molecule has 0 aromatic heterocycles. The average Bonchev–Trinajstić information content (AvgIpc) is 2.92. The number of hydrogen-bond donors (Lipinski definition) is 1. The average molecular weight is 261 g/mol. The van der Waals surface area contributed by atoms with Gasteiger partial charge in [0.15, 0.2) is 0 Å². The highest BCUT2D eigenvalue weighted by Gasteiger charge is 2.17. The smallest absolute Gasteiger partial charge is 0.0576 e. The third-order valence-corrected chi connectivity index (χ3v) is 3.96. The molecule has 0 saturated carbocycles. The number of nitrogens with one attached hydrogen (secondary N) is 1. The van der Waals surface area contributed by atoms with Crippen LogP contribution in [0.2, 0.25) is 0 Å². The molecule has 2 unspecified atom stereocenters. The predicted octanol–water partition coefficient (Wildman–Crippen LogP) is 3.47. The largest absolute Gasteiger partial charge is 0.378 e. The van der Waals surface area contributed by atoms with Crippen LogP contribution in [0.4, 0.5) is 0 Å². The Balaban J connectivity index is 1.82. The summed E-state index contributed by atoms with van der Waals surface area (Å²) >= 11 is 0. The molecule has 1 heterocycles. The number of ether oxygens (including phenoxy) is 1. The van der Waals surface area contributed by atoms with E-state index in [0.29, 0.717) is 12.1 Å². The van der Waals surface area contributed by atoms with E-state index in [2.05, 4.69) is 43.4 Å². The fraction of sp³-hybridized carbons (Fsp3) is 0.647. The second-order valence-electron chi connectivity index (χ2n) is 5.66. The van der Waals surface area contributed by atoms with Crippen molar-refractivity contribution in [2.45, 2.75) is 58.1 Å². The van der Waals surface area contributed by atoms with Gasteiger partial charge in [-0.05, 0) is 51.1 Å². The van der Waals surface area contributed by atoms with E-state index >= 15 is 0 Å². The molecule has 0 spiro atoms. The SMILES string of the molecule is CCNC(CCC1CCCO1)Cc1ccc(C)cc1. The fourth-order valence-electron chi connectivity index (χ4n) is 2.83. The molecule has 1 N–H and O–H groups in total. The Hall–Kier alpha value is -0.860. The lowest BCUT2D eigenvalue weighted by molar-refractivity contribution is 0.0996. The van der Waals surface area contributed by atoms with Crippen molar-refractivity contribution in [2.24, 2.45) is 0 Å². The summed E-state index contributed by atoms with van der Waals surface area (Å²) in [6.07, 6.45) is 6.55. The molecule has 2 nitrogen and oxygen atoms in total. The maximum absolute atomic E-state index is 5.72. The molecule has 106 valence electrons. The Bertz CT molecular complexity index is 354. The van der Waals surface area contributed by atoms with Crippen molar-refractivity contribution < 1.29 is 4.74 Å². The molecule has 0 amide bonds. The van der Waals surface area contributed by atoms with Crippen molar-refractivity contribution in [2.75, 3.05) is 13.2 Å². The van der Waals surface area contributed by atoms with Crippen molar-refractivity contribution in [1.82, 2.24) is 5.32 Å². The van der Waals surface area contributed by atoms with Gasteiger partial charge in [-0.1, -0.05) is 36.8 Å². The molecule has 1 fully saturated rings. The van der Waals surface area contributed by atoms with Gasteiger partial charge in [-0.2, -0.15) is 0 Å². The quantitative estimate of drug-likeness (QED) is 0.811. The van der Waals surface area contributed by atoms with Gasteiger partial charge in [-0.3, -0.25) is 0 Å². The molecular weight excluding hydrogens is 234 g/mol. The molecule has 1 aromatic rings. The standard InChI is InChI=1S/C17H27NO/c1-3-18-16(10-11-17-5-4-12-19-17)13-15-8-6-14(2)7-9-15/h6-9,16-18H,3-5,10-13H2,1-2H3. The monoisotopic (exact) mass is 261 g/mol. The molecule has 0 radical (unpaired) electrons. The van der Waals surface area contributed by atoms with Gasteiger partial charge in [0.1, 0.15) is 0 Å². The first-order valence-corrected chi connectivity index (χ1v) is 7.68. The third kappa shape index (κ3) is 4.96. The zero-order valence-electron chi connectivity index (χ0n) is 12.3. The minimum absolute atomic E-state index is 0.513. The van der Waals surface area contributed by atoms with E-state index in [1.54, 1.807) is 0 Å². The number of likely N-dealkylation sites (N-methyl/N-ethyl adjacent to an activating group) is 1. The number of benzene rings is 1. The van der Waals surface area contributed by atoms with Gasteiger partial charge in [0.2, 0.25) is 0 Å². The lowest BCUT2D eigenvalue weighted by Crippen LogP contribution is -2.32. The van der Waals surface area contributed by atoms with Crippen LogP contribution in [0.1, 0.15) is 43.7 Å². The molecule has 1 aromatic carbocycles. The summed E-state index contributed by atoms with van der Waals surface area (Å²) in [5.41, 5.74) is 2.77. The molecule has 19 heavy (non-hydrogen) atoms. The minimum atomic E-state index is 0.513. The van der Waals surface area contributed by atoms with Crippen LogP contribution in [0.5, 0.6) is 0 Å². The lowest BCUT2D eigenvalue weighted by Gasteiger charge is -2.20. The number of hydrogen-bond acceptors (Lipinski definition) is 2. The van der Waals surface area contributed by atoms with E-state index in [0.717, 1.165) is 19.6 Å². The molecular formula is C17H27NO. The molecule has 1 aliphatic heterocycles. The van der Waals surface area contributed by atoms with Gasteiger partial charge in [0.05, 0.1) is 6.10 Å². The van der Waals surface area contributed by atoms with Crippen molar-refractivity contribution in [3.63, 3.8) is 0 Å². The van der Waals surface area contributed by atoms with Crippen LogP contribution in [-0.2, 0) is 11.2 Å². The van der Waals surface area contributed by atoms with Crippen LogP contribution in [0.25, 0.3) is 0 Å². The van der Waals surface area contributed by atoms with Crippen molar-refractivity contribution in [3.8, 4) is 0 Å². The highest BCUT2D eigenvalue weighted by atomic mass is 16.5. The lowest BCUT2D eigenvalue weighted by atomic mass is 9.98. The van der Waals surface area contributed by atoms with Crippen molar-refractivity contribution in [3.05, 3.63) is 35.4 Å². The highest BCUT2D eigenvalue weighted by Crippen LogP contribution is 2.19. The highest BCUT2D eigenvalue weighted by molar-refractivity contribution is 5.22. The van der Waals surface area contributed by atoms with Crippen LogP contribution in [0, 0.1) is 6.92 Å². The Morgan fingerprint density at radius 1 is 1.32 bits per heavy atom. The Labute approximate surface area is 117 Å². The van der Waals surface area contributed by atoms with Gasteiger partial charge < -0.3 is 10.1 Å². The maximum Gasteiger partial charge on any atom is 0.0576 e. The van der Waals surface area contributed by atoms with Crippen molar-refractivity contribution >= 4 is 0 Å². The fourth-order valence-corrected chi connectivity index (χ4v) is 2.83. The number of aryl methyl sites for hydroxylation is 1. The van der Waals surface area contributed by atoms with E-state index in [-0.39, 0.29) is 0 Å².